The smallest absolute Gasteiger partial charge is 0.252 e. The average molecular weight is 366 g/mol. The molecule has 1 aromatic heterocycles. The van der Waals surface area contributed by atoms with Crippen LogP contribution >= 0.6 is 11.6 Å². The first-order valence-electron chi connectivity index (χ1n) is 8.22. The number of aryl methyl sites for hydroxylation is 1. The van der Waals surface area contributed by atoms with Crippen LogP contribution < -0.4 is 5.32 Å². The summed E-state index contributed by atoms with van der Waals surface area (Å²) < 4.78 is 20.6. The number of morpholine rings is 1. The van der Waals surface area contributed by atoms with E-state index in [1.807, 2.05) is 19.3 Å². The van der Waals surface area contributed by atoms with E-state index in [9.17, 15) is 9.18 Å². The molecule has 1 atom stereocenters. The van der Waals surface area contributed by atoms with Crippen molar-refractivity contribution in [3.63, 3.8) is 0 Å². The summed E-state index contributed by atoms with van der Waals surface area (Å²) >= 11 is 5.98. The standard InChI is InChI=1S/C18H21ClFN3O2/c1-22-6-2-3-16(22)17(23-7-9-25-10-8-23)12-21-18(24)14-5-4-13(20)11-15(14)19/h2-6,11,17H,7-10,12H2,1H3,(H,21,24)/t17-/m0/s1. The van der Waals surface area contributed by atoms with Crippen LogP contribution in [0.15, 0.2) is 36.5 Å². The van der Waals surface area contributed by atoms with Crippen molar-refractivity contribution < 1.29 is 13.9 Å². The molecule has 1 saturated heterocycles. The summed E-state index contributed by atoms with van der Waals surface area (Å²) in [7, 11) is 1.99. The summed E-state index contributed by atoms with van der Waals surface area (Å²) in [6.07, 6.45) is 1.99. The lowest BCUT2D eigenvalue weighted by Gasteiger charge is -2.35. The van der Waals surface area contributed by atoms with E-state index in [4.69, 9.17) is 16.3 Å². The van der Waals surface area contributed by atoms with Crippen LogP contribution in [-0.4, -0.2) is 48.2 Å². The Hall–Kier alpha value is -1.89. The minimum absolute atomic E-state index is 0.0343. The fraction of sp³-hybridized carbons (Fsp3) is 0.389. The molecule has 25 heavy (non-hydrogen) atoms. The quantitative estimate of drug-likeness (QED) is 0.886. The van der Waals surface area contributed by atoms with Crippen LogP contribution in [0.3, 0.4) is 0 Å². The molecule has 7 heteroatoms. The molecule has 0 radical (unpaired) electrons. The Kier molecular flexibility index (Phi) is 5.73. The molecule has 0 spiro atoms. The lowest BCUT2D eigenvalue weighted by Crippen LogP contribution is -2.44. The molecule has 1 aromatic carbocycles. The van der Waals surface area contributed by atoms with Crippen LogP contribution in [0.4, 0.5) is 4.39 Å². The van der Waals surface area contributed by atoms with Gasteiger partial charge in [0.2, 0.25) is 0 Å². The summed E-state index contributed by atoms with van der Waals surface area (Å²) in [6, 6.07) is 7.86. The van der Waals surface area contributed by atoms with Crippen LogP contribution in [0.25, 0.3) is 0 Å². The van der Waals surface area contributed by atoms with E-state index in [-0.39, 0.29) is 22.5 Å². The Morgan fingerprint density at radius 2 is 2.12 bits per heavy atom. The van der Waals surface area contributed by atoms with E-state index < -0.39 is 5.82 Å². The molecule has 0 aliphatic carbocycles. The third kappa shape index (κ3) is 4.21. The van der Waals surface area contributed by atoms with Gasteiger partial charge in [-0.15, -0.1) is 0 Å². The first-order chi connectivity index (χ1) is 12.1. The molecule has 5 nitrogen and oxygen atoms in total. The Morgan fingerprint density at radius 1 is 1.36 bits per heavy atom. The van der Waals surface area contributed by atoms with Gasteiger partial charge >= 0.3 is 0 Å². The molecule has 1 N–H and O–H groups in total. The van der Waals surface area contributed by atoms with Crippen molar-refractivity contribution in [2.45, 2.75) is 6.04 Å². The van der Waals surface area contributed by atoms with Gasteiger partial charge in [-0.2, -0.15) is 0 Å². The number of hydrogen-bond acceptors (Lipinski definition) is 3. The maximum Gasteiger partial charge on any atom is 0.252 e. The highest BCUT2D eigenvalue weighted by atomic mass is 35.5. The third-order valence-corrected chi connectivity index (χ3v) is 4.76. The van der Waals surface area contributed by atoms with Crippen LogP contribution in [0.5, 0.6) is 0 Å². The predicted octanol–water partition coefficient (Wildman–Crippen LogP) is 2.62. The van der Waals surface area contributed by atoms with Gasteiger partial charge in [0.25, 0.3) is 5.91 Å². The third-order valence-electron chi connectivity index (χ3n) is 4.44. The first-order valence-corrected chi connectivity index (χ1v) is 8.60. The number of ether oxygens (including phenoxy) is 1. The lowest BCUT2D eigenvalue weighted by atomic mass is 10.1. The van der Waals surface area contributed by atoms with Gasteiger partial charge in [0.1, 0.15) is 5.82 Å². The van der Waals surface area contributed by atoms with E-state index in [0.717, 1.165) is 24.8 Å². The van der Waals surface area contributed by atoms with Crippen molar-refractivity contribution in [1.29, 1.82) is 0 Å². The number of halogens is 2. The highest BCUT2D eigenvalue weighted by Gasteiger charge is 2.25. The second-order valence-electron chi connectivity index (χ2n) is 6.04. The first kappa shape index (κ1) is 17.9. The van der Waals surface area contributed by atoms with Crippen LogP contribution in [-0.2, 0) is 11.8 Å². The van der Waals surface area contributed by atoms with Crippen LogP contribution in [0, 0.1) is 5.82 Å². The van der Waals surface area contributed by atoms with Gasteiger partial charge in [-0.1, -0.05) is 11.6 Å². The SMILES string of the molecule is Cn1cccc1[C@H](CNC(=O)c1ccc(F)cc1Cl)N1CCOCC1. The summed E-state index contributed by atoms with van der Waals surface area (Å²) in [5, 5.41) is 3.04. The number of nitrogens with zero attached hydrogens (tertiary/aromatic N) is 2. The summed E-state index contributed by atoms with van der Waals surface area (Å²) in [5.41, 5.74) is 1.39. The molecule has 0 saturated carbocycles. The monoisotopic (exact) mass is 365 g/mol. The Morgan fingerprint density at radius 3 is 2.76 bits per heavy atom. The van der Waals surface area contributed by atoms with Crippen LogP contribution in [0.1, 0.15) is 22.1 Å². The molecular formula is C18H21ClFN3O2. The number of benzene rings is 1. The fourth-order valence-corrected chi connectivity index (χ4v) is 3.34. The van der Waals surface area contributed by atoms with Crippen molar-refractivity contribution in [2.75, 3.05) is 32.8 Å². The number of amides is 1. The summed E-state index contributed by atoms with van der Waals surface area (Å²) in [4.78, 5) is 14.7. The van der Waals surface area contributed by atoms with Crippen molar-refractivity contribution in [2.24, 2.45) is 7.05 Å². The van der Waals surface area contributed by atoms with Gasteiger partial charge in [-0.25, -0.2) is 4.39 Å². The Bertz CT molecular complexity index is 744. The minimum Gasteiger partial charge on any atom is -0.379 e. The van der Waals surface area contributed by atoms with Crippen molar-refractivity contribution in [3.05, 3.63) is 58.6 Å². The zero-order chi connectivity index (χ0) is 17.8. The van der Waals surface area contributed by atoms with Gasteiger partial charge in [0.15, 0.2) is 0 Å². The zero-order valence-electron chi connectivity index (χ0n) is 14.0. The molecule has 0 unspecified atom stereocenters. The fourth-order valence-electron chi connectivity index (χ4n) is 3.09. The van der Waals surface area contributed by atoms with E-state index in [2.05, 4.69) is 20.9 Å². The number of carbonyl (C=O) groups is 1. The van der Waals surface area contributed by atoms with Gasteiger partial charge in [-0.05, 0) is 30.3 Å². The van der Waals surface area contributed by atoms with Gasteiger partial charge in [-0.3, -0.25) is 9.69 Å². The van der Waals surface area contributed by atoms with Gasteiger partial charge in [0.05, 0.1) is 29.8 Å². The molecule has 2 aromatic rings. The largest absolute Gasteiger partial charge is 0.379 e. The number of rotatable bonds is 5. The maximum atomic E-state index is 13.2. The molecule has 1 aliphatic rings. The van der Waals surface area contributed by atoms with E-state index in [1.54, 1.807) is 0 Å². The second kappa shape index (κ2) is 7.99. The van der Waals surface area contributed by atoms with Crippen molar-refractivity contribution in [1.82, 2.24) is 14.8 Å². The van der Waals surface area contributed by atoms with E-state index in [0.29, 0.717) is 19.8 Å². The molecule has 3 rings (SSSR count). The van der Waals surface area contributed by atoms with Crippen LogP contribution in [0.2, 0.25) is 5.02 Å². The number of carbonyl (C=O) groups excluding carboxylic acids is 1. The van der Waals surface area contributed by atoms with Gasteiger partial charge in [0, 0.05) is 38.6 Å². The summed E-state index contributed by atoms with van der Waals surface area (Å²) in [6.45, 7) is 3.41. The average Bonchev–Trinajstić information content (AvgIpc) is 3.02. The zero-order valence-corrected chi connectivity index (χ0v) is 14.8. The number of aromatic nitrogens is 1. The van der Waals surface area contributed by atoms with Gasteiger partial charge < -0.3 is 14.6 Å². The highest BCUT2D eigenvalue weighted by Crippen LogP contribution is 2.22. The maximum absolute atomic E-state index is 13.2. The number of nitrogens with one attached hydrogen (secondary N) is 1. The second-order valence-corrected chi connectivity index (χ2v) is 6.45. The minimum atomic E-state index is -0.462. The molecular weight excluding hydrogens is 345 g/mol. The van der Waals surface area contributed by atoms with E-state index >= 15 is 0 Å². The normalized spacial score (nSPS) is 16.6. The summed E-state index contributed by atoms with van der Waals surface area (Å²) in [5.74, 6) is -0.769. The molecule has 1 fully saturated rings. The number of hydrogen-bond donors (Lipinski definition) is 1. The molecule has 134 valence electrons. The Balaban J connectivity index is 1.74. The molecule has 1 amide bonds. The molecule has 1 aliphatic heterocycles. The van der Waals surface area contributed by atoms with Crippen molar-refractivity contribution >= 4 is 17.5 Å². The Labute approximate surface area is 151 Å². The predicted molar refractivity (Wildman–Crippen MR) is 94.3 cm³/mol. The van der Waals surface area contributed by atoms with Crippen molar-refractivity contribution in [3.8, 4) is 0 Å². The van der Waals surface area contributed by atoms with E-state index in [1.165, 1.54) is 12.1 Å². The lowest BCUT2D eigenvalue weighted by molar-refractivity contribution is 0.0148. The molecule has 2 heterocycles. The molecule has 0 bridgehead atoms. The highest BCUT2D eigenvalue weighted by molar-refractivity contribution is 6.33. The topological polar surface area (TPSA) is 46.5 Å².